The van der Waals surface area contributed by atoms with Gasteiger partial charge in [0.1, 0.15) is 0 Å². The van der Waals surface area contributed by atoms with Gasteiger partial charge >= 0.3 is 0 Å². The Morgan fingerprint density at radius 2 is 1.85 bits per heavy atom. The molecule has 0 fully saturated rings. The zero-order valence-corrected chi connectivity index (χ0v) is 19.7. The number of carbonyl (C=O) groups is 1. The first-order chi connectivity index (χ1) is 16.4. The summed E-state index contributed by atoms with van der Waals surface area (Å²) in [5.41, 5.74) is 11.0. The van der Waals surface area contributed by atoms with Gasteiger partial charge in [-0.15, -0.1) is 0 Å². The lowest BCUT2D eigenvalue weighted by Crippen LogP contribution is -2.30. The molecule has 4 aromatic rings. The molecule has 1 unspecified atom stereocenters. The van der Waals surface area contributed by atoms with Crippen LogP contribution in [0.15, 0.2) is 78.0 Å². The van der Waals surface area contributed by atoms with E-state index in [2.05, 4.69) is 39.8 Å². The first-order valence-corrected chi connectivity index (χ1v) is 11.2. The van der Waals surface area contributed by atoms with Gasteiger partial charge in [0.25, 0.3) is 5.91 Å². The van der Waals surface area contributed by atoms with Crippen LogP contribution in [-0.4, -0.2) is 28.1 Å². The second kappa shape index (κ2) is 10.2. The molecule has 34 heavy (non-hydrogen) atoms. The summed E-state index contributed by atoms with van der Waals surface area (Å²) in [5.74, 6) is -0.0546. The Morgan fingerprint density at radius 3 is 2.62 bits per heavy atom. The van der Waals surface area contributed by atoms with E-state index in [1.54, 1.807) is 0 Å². The van der Waals surface area contributed by atoms with Gasteiger partial charge in [0.05, 0.1) is 18.3 Å². The van der Waals surface area contributed by atoms with Crippen molar-refractivity contribution in [3.8, 4) is 0 Å². The monoisotopic (exact) mass is 455 g/mol. The number of hydrogen-bond donors (Lipinski definition) is 2. The highest BCUT2D eigenvalue weighted by molar-refractivity contribution is 5.97. The van der Waals surface area contributed by atoms with Crippen molar-refractivity contribution in [2.24, 2.45) is 10.9 Å². The number of amides is 1. The molecule has 1 amide bonds. The van der Waals surface area contributed by atoms with E-state index < -0.39 is 0 Å². The predicted molar refractivity (Wildman–Crippen MR) is 134 cm³/mol. The lowest BCUT2D eigenvalue weighted by atomic mass is 10.0. The van der Waals surface area contributed by atoms with Crippen LogP contribution in [0, 0.1) is 13.8 Å². The van der Waals surface area contributed by atoms with E-state index in [0.717, 1.165) is 38.9 Å². The standard InChI is InChI=1S/C27H29N5O2/c1-18-13-19(2)32(30-18)16-21-7-6-10-25(14-21)27(28)31-34-17-26(33)29-20(3)23-12-11-22-8-4-5-9-24(22)15-23/h4-15,20H,16-17H2,1-3H3,(H2,28,31)(H,29,33). The van der Waals surface area contributed by atoms with E-state index in [4.69, 9.17) is 10.6 Å². The molecule has 0 saturated carbocycles. The Kier molecular flexibility index (Phi) is 6.92. The second-order valence-electron chi connectivity index (χ2n) is 8.43. The van der Waals surface area contributed by atoms with Crippen molar-refractivity contribution in [1.29, 1.82) is 0 Å². The first kappa shape index (κ1) is 23.0. The topological polar surface area (TPSA) is 94.5 Å². The number of aryl methyl sites for hydroxylation is 2. The minimum atomic E-state index is -0.268. The van der Waals surface area contributed by atoms with Crippen molar-refractivity contribution < 1.29 is 9.63 Å². The zero-order chi connectivity index (χ0) is 24.1. The van der Waals surface area contributed by atoms with Crippen LogP contribution in [0.4, 0.5) is 0 Å². The number of aromatic nitrogens is 2. The molecule has 7 nitrogen and oxygen atoms in total. The molecule has 3 N–H and O–H groups in total. The molecule has 3 aromatic carbocycles. The predicted octanol–water partition coefficient (Wildman–Crippen LogP) is 4.22. The number of rotatable bonds is 8. The molecule has 1 heterocycles. The third-order valence-electron chi connectivity index (χ3n) is 5.67. The normalized spacial score (nSPS) is 12.5. The lowest BCUT2D eigenvalue weighted by molar-refractivity contribution is -0.126. The van der Waals surface area contributed by atoms with E-state index in [1.165, 1.54) is 0 Å². The number of oxime groups is 1. The molecule has 0 spiro atoms. The molecule has 4 rings (SSSR count). The van der Waals surface area contributed by atoms with Crippen molar-refractivity contribution in [1.82, 2.24) is 15.1 Å². The van der Waals surface area contributed by atoms with Gasteiger partial charge in [0, 0.05) is 11.3 Å². The van der Waals surface area contributed by atoms with Crippen LogP contribution in [-0.2, 0) is 16.2 Å². The summed E-state index contributed by atoms with van der Waals surface area (Å²) in [6, 6.07) is 23.9. The quantitative estimate of drug-likeness (QED) is 0.236. The number of fused-ring (bicyclic) bond motifs is 1. The van der Waals surface area contributed by atoms with Crippen LogP contribution in [0.1, 0.15) is 41.0 Å². The molecule has 0 aliphatic rings. The highest BCUT2D eigenvalue weighted by Gasteiger charge is 2.11. The van der Waals surface area contributed by atoms with Crippen LogP contribution in [0.3, 0.4) is 0 Å². The highest BCUT2D eigenvalue weighted by Crippen LogP contribution is 2.20. The van der Waals surface area contributed by atoms with Gasteiger partial charge in [0.15, 0.2) is 12.4 Å². The van der Waals surface area contributed by atoms with Gasteiger partial charge < -0.3 is 15.9 Å². The molecule has 1 aromatic heterocycles. The maximum absolute atomic E-state index is 12.3. The number of nitrogens with zero attached hydrogens (tertiary/aromatic N) is 3. The maximum atomic E-state index is 12.3. The van der Waals surface area contributed by atoms with Gasteiger partial charge in [-0.2, -0.15) is 5.10 Å². The number of amidine groups is 1. The summed E-state index contributed by atoms with van der Waals surface area (Å²) in [7, 11) is 0. The van der Waals surface area contributed by atoms with Crippen LogP contribution in [0.5, 0.6) is 0 Å². The Morgan fingerprint density at radius 1 is 1.06 bits per heavy atom. The maximum Gasteiger partial charge on any atom is 0.261 e. The van der Waals surface area contributed by atoms with E-state index in [1.807, 2.05) is 74.0 Å². The minimum Gasteiger partial charge on any atom is -0.384 e. The Hall–Kier alpha value is -4.13. The summed E-state index contributed by atoms with van der Waals surface area (Å²) in [4.78, 5) is 17.6. The first-order valence-electron chi connectivity index (χ1n) is 11.2. The number of nitrogens with one attached hydrogen (secondary N) is 1. The summed E-state index contributed by atoms with van der Waals surface area (Å²) in [5, 5.41) is 13.7. The fourth-order valence-electron chi connectivity index (χ4n) is 3.89. The van der Waals surface area contributed by atoms with Crippen LogP contribution in [0.2, 0.25) is 0 Å². The number of nitrogens with two attached hydrogens (primary N) is 1. The third-order valence-corrected chi connectivity index (χ3v) is 5.67. The molecular formula is C27H29N5O2. The Bertz CT molecular complexity index is 1340. The molecule has 0 aliphatic carbocycles. The van der Waals surface area contributed by atoms with Gasteiger partial charge in [-0.05, 0) is 60.9 Å². The second-order valence-corrected chi connectivity index (χ2v) is 8.43. The van der Waals surface area contributed by atoms with Crippen LogP contribution < -0.4 is 11.1 Å². The van der Waals surface area contributed by atoms with Gasteiger partial charge in [0.2, 0.25) is 0 Å². The number of benzene rings is 3. The van der Waals surface area contributed by atoms with Crippen LogP contribution in [0.25, 0.3) is 10.8 Å². The molecule has 0 saturated heterocycles. The zero-order valence-electron chi connectivity index (χ0n) is 19.7. The fraction of sp³-hybridized carbons (Fsp3) is 0.222. The Labute approximate surface area is 199 Å². The molecule has 0 bridgehead atoms. The smallest absolute Gasteiger partial charge is 0.261 e. The van der Waals surface area contributed by atoms with E-state index in [9.17, 15) is 4.79 Å². The van der Waals surface area contributed by atoms with Gasteiger partial charge in [-0.3, -0.25) is 9.48 Å². The Balaban J connectivity index is 1.32. The lowest BCUT2D eigenvalue weighted by Gasteiger charge is -2.14. The average Bonchev–Trinajstić information content (AvgIpc) is 3.15. The molecule has 0 aliphatic heterocycles. The van der Waals surface area contributed by atoms with Crippen molar-refractivity contribution in [3.05, 3.63) is 101 Å². The number of hydrogen-bond acceptors (Lipinski definition) is 4. The SMILES string of the molecule is Cc1cc(C)n(Cc2cccc(/C(N)=N\OCC(=O)NC(C)c3ccc4ccccc4c3)c2)n1. The molecule has 0 radical (unpaired) electrons. The summed E-state index contributed by atoms with van der Waals surface area (Å²) in [6.07, 6.45) is 0. The van der Waals surface area contributed by atoms with Crippen molar-refractivity contribution in [2.45, 2.75) is 33.4 Å². The summed E-state index contributed by atoms with van der Waals surface area (Å²) >= 11 is 0. The van der Waals surface area contributed by atoms with Gasteiger partial charge in [-0.1, -0.05) is 59.8 Å². The average molecular weight is 456 g/mol. The van der Waals surface area contributed by atoms with E-state index in [-0.39, 0.29) is 24.4 Å². The van der Waals surface area contributed by atoms with E-state index >= 15 is 0 Å². The molecular weight excluding hydrogens is 426 g/mol. The molecule has 174 valence electrons. The minimum absolute atomic E-state index is 0.159. The molecule has 7 heteroatoms. The van der Waals surface area contributed by atoms with Crippen molar-refractivity contribution in [2.75, 3.05) is 6.61 Å². The molecule has 1 atom stereocenters. The van der Waals surface area contributed by atoms with E-state index in [0.29, 0.717) is 6.54 Å². The fourth-order valence-corrected chi connectivity index (χ4v) is 3.89. The largest absolute Gasteiger partial charge is 0.384 e. The van der Waals surface area contributed by atoms with Crippen molar-refractivity contribution >= 4 is 22.5 Å². The summed E-state index contributed by atoms with van der Waals surface area (Å²) < 4.78 is 1.94. The van der Waals surface area contributed by atoms with Crippen molar-refractivity contribution in [3.63, 3.8) is 0 Å². The van der Waals surface area contributed by atoms with Crippen LogP contribution >= 0.6 is 0 Å². The number of carbonyl (C=O) groups excluding carboxylic acids is 1. The highest BCUT2D eigenvalue weighted by atomic mass is 16.6. The summed E-state index contributed by atoms with van der Waals surface area (Å²) in [6.45, 7) is 6.36. The third kappa shape index (κ3) is 5.61. The van der Waals surface area contributed by atoms with Gasteiger partial charge in [-0.25, -0.2) is 0 Å².